The highest BCUT2D eigenvalue weighted by Crippen LogP contribution is 2.32. The topological polar surface area (TPSA) is 36.7 Å². The summed E-state index contributed by atoms with van der Waals surface area (Å²) in [5, 5.41) is 2.17. The maximum absolute atomic E-state index is 4.99. The number of hydrogen-bond acceptors (Lipinski definition) is 6. The Hall–Kier alpha value is -3.00. The third-order valence-electron chi connectivity index (χ3n) is 6.07. The molecule has 2 aromatic heterocycles. The van der Waals surface area contributed by atoms with Crippen LogP contribution in [0, 0.1) is 13.8 Å². The molecule has 6 rings (SSSR count). The van der Waals surface area contributed by atoms with Gasteiger partial charge < -0.3 is 0 Å². The molecule has 7 heteroatoms. The van der Waals surface area contributed by atoms with Crippen LogP contribution >= 0.6 is 22.7 Å². The zero-order chi connectivity index (χ0) is 22.4. The van der Waals surface area contributed by atoms with Crippen molar-refractivity contribution in [1.82, 2.24) is 9.97 Å². The second-order valence-electron chi connectivity index (χ2n) is 8.88. The van der Waals surface area contributed by atoms with Gasteiger partial charge in [0.2, 0.25) is 0 Å². The van der Waals surface area contributed by atoms with Crippen LogP contribution in [-0.4, -0.2) is 30.0 Å². The number of fused-ring (bicyclic) bond motifs is 2. The highest BCUT2D eigenvalue weighted by atomic mass is 32.1. The highest BCUT2D eigenvalue weighted by Gasteiger charge is 2.30. The molecule has 3 aromatic carbocycles. The number of aromatic nitrogens is 2. The molecule has 0 atom stereocenters. The third kappa shape index (κ3) is 4.19. The van der Waals surface area contributed by atoms with E-state index in [0.29, 0.717) is 0 Å². The van der Waals surface area contributed by atoms with Crippen molar-refractivity contribution in [1.29, 1.82) is 0 Å². The lowest BCUT2D eigenvalue weighted by atomic mass is 10.2. The molecule has 0 saturated carbocycles. The Balaban J connectivity index is 1.35. The number of nitrogens with one attached hydrogen (secondary N) is 1. The van der Waals surface area contributed by atoms with Gasteiger partial charge in [0.25, 0.3) is 0 Å². The minimum absolute atomic E-state index is 0.801. The molecule has 1 aliphatic heterocycles. The van der Waals surface area contributed by atoms with Crippen LogP contribution in [0.5, 0.6) is 0 Å². The Morgan fingerprint density at radius 1 is 0.758 bits per heavy atom. The maximum Gasteiger partial charge on any atom is 0.192 e. The van der Waals surface area contributed by atoms with Gasteiger partial charge in [0, 0.05) is 5.56 Å². The van der Waals surface area contributed by atoms with Crippen LogP contribution in [0.2, 0.25) is 0 Å². The van der Waals surface area contributed by atoms with E-state index in [-0.39, 0.29) is 0 Å². The van der Waals surface area contributed by atoms with E-state index < -0.39 is 0 Å². The number of anilines is 2. The van der Waals surface area contributed by atoms with Crippen LogP contribution in [-0.2, 0) is 6.54 Å². The van der Waals surface area contributed by atoms with Gasteiger partial charge >= 0.3 is 0 Å². The first-order valence-electron chi connectivity index (χ1n) is 11.2. The quantitative estimate of drug-likeness (QED) is 0.407. The molecule has 0 unspecified atom stereocenters. The molecule has 1 saturated heterocycles. The molecule has 0 aliphatic carbocycles. The van der Waals surface area contributed by atoms with Crippen molar-refractivity contribution in [3.05, 3.63) is 83.4 Å². The van der Waals surface area contributed by atoms with Gasteiger partial charge in [0.05, 0.1) is 20.4 Å². The van der Waals surface area contributed by atoms with Crippen molar-refractivity contribution < 1.29 is 4.90 Å². The SMILES string of the molecule is Cc1ccc2nc(N3CN(c4nc5ccc(C)cc5s4)C[NH+](Cc4ccccc4)C3)sc2c1. The number of hydrogen-bond donors (Lipinski definition) is 1. The van der Waals surface area contributed by atoms with Crippen molar-refractivity contribution in [2.24, 2.45) is 0 Å². The molecule has 5 nitrogen and oxygen atoms in total. The predicted octanol–water partition coefficient (Wildman–Crippen LogP) is 4.81. The van der Waals surface area contributed by atoms with E-state index in [1.807, 2.05) is 0 Å². The second kappa shape index (κ2) is 8.41. The predicted molar refractivity (Wildman–Crippen MR) is 139 cm³/mol. The summed E-state index contributed by atoms with van der Waals surface area (Å²) in [7, 11) is 0. The summed E-state index contributed by atoms with van der Waals surface area (Å²) in [6.45, 7) is 7.91. The molecule has 0 amide bonds. The molecule has 0 spiro atoms. The fourth-order valence-corrected chi connectivity index (χ4v) is 6.57. The smallest absolute Gasteiger partial charge is 0.192 e. The first-order chi connectivity index (χ1) is 16.1. The molecule has 0 bridgehead atoms. The molecule has 1 aliphatic rings. The number of aryl methyl sites for hydroxylation is 2. The Morgan fingerprint density at radius 3 is 1.85 bits per heavy atom. The van der Waals surface area contributed by atoms with Gasteiger partial charge in [-0.2, -0.15) is 0 Å². The lowest BCUT2D eigenvalue weighted by Gasteiger charge is -2.39. The minimum Gasteiger partial charge on any atom is -0.297 e. The molecule has 5 aromatic rings. The van der Waals surface area contributed by atoms with E-state index >= 15 is 0 Å². The summed E-state index contributed by atoms with van der Waals surface area (Å²) in [5.74, 6) is 0. The Morgan fingerprint density at radius 2 is 1.30 bits per heavy atom. The lowest BCUT2D eigenvalue weighted by molar-refractivity contribution is -0.916. The van der Waals surface area contributed by atoms with Gasteiger partial charge in [-0.1, -0.05) is 65.1 Å². The van der Waals surface area contributed by atoms with Crippen molar-refractivity contribution in [3.63, 3.8) is 0 Å². The summed E-state index contributed by atoms with van der Waals surface area (Å²) in [4.78, 5) is 16.3. The molecule has 3 heterocycles. The molecular formula is C26H26N5S2+. The van der Waals surface area contributed by atoms with Gasteiger partial charge in [-0.05, 0) is 49.2 Å². The van der Waals surface area contributed by atoms with E-state index in [9.17, 15) is 0 Å². The summed E-state index contributed by atoms with van der Waals surface area (Å²) in [6.07, 6.45) is 0. The van der Waals surface area contributed by atoms with Gasteiger partial charge in [0.15, 0.2) is 23.6 Å². The van der Waals surface area contributed by atoms with Crippen molar-refractivity contribution in [3.8, 4) is 0 Å². The molecule has 0 radical (unpaired) electrons. The van der Waals surface area contributed by atoms with Crippen LogP contribution in [0.1, 0.15) is 16.7 Å². The number of quaternary nitrogens is 1. The Bertz CT molecular complexity index is 1340. The second-order valence-corrected chi connectivity index (χ2v) is 10.9. The average molecular weight is 473 g/mol. The Labute approximate surface area is 201 Å². The normalized spacial score (nSPS) is 15.1. The number of nitrogens with zero attached hydrogens (tertiary/aromatic N) is 4. The molecule has 166 valence electrons. The summed E-state index contributed by atoms with van der Waals surface area (Å²) in [5.41, 5.74) is 6.07. The number of benzene rings is 3. The third-order valence-corrected chi connectivity index (χ3v) is 8.23. The van der Waals surface area contributed by atoms with Gasteiger partial charge in [0.1, 0.15) is 13.2 Å². The van der Waals surface area contributed by atoms with E-state index in [1.165, 1.54) is 31.0 Å². The summed E-state index contributed by atoms with van der Waals surface area (Å²) < 4.78 is 2.50. The minimum atomic E-state index is 0.801. The van der Waals surface area contributed by atoms with Crippen molar-refractivity contribution in [2.45, 2.75) is 20.4 Å². The summed E-state index contributed by atoms with van der Waals surface area (Å²) >= 11 is 3.58. The average Bonchev–Trinajstić information content (AvgIpc) is 3.43. The molecule has 33 heavy (non-hydrogen) atoms. The molecule has 1 fully saturated rings. The molecular weight excluding hydrogens is 446 g/mol. The first-order valence-corrected chi connectivity index (χ1v) is 12.9. The van der Waals surface area contributed by atoms with Crippen LogP contribution in [0.3, 0.4) is 0 Å². The van der Waals surface area contributed by atoms with Crippen molar-refractivity contribution in [2.75, 3.05) is 29.8 Å². The van der Waals surface area contributed by atoms with E-state index in [0.717, 1.165) is 47.8 Å². The fourth-order valence-electron chi connectivity index (χ4n) is 4.46. The number of thiazole rings is 2. The van der Waals surface area contributed by atoms with Crippen LogP contribution in [0.4, 0.5) is 10.3 Å². The monoisotopic (exact) mass is 472 g/mol. The highest BCUT2D eigenvalue weighted by molar-refractivity contribution is 7.22. The van der Waals surface area contributed by atoms with Crippen LogP contribution in [0.15, 0.2) is 66.7 Å². The zero-order valence-corrected chi connectivity index (χ0v) is 20.4. The van der Waals surface area contributed by atoms with E-state index in [2.05, 4.69) is 90.4 Å². The standard InChI is InChI=1S/C26H25N5S2/c1-18-8-10-21-23(12-18)32-25(27-21)30-15-29(14-20-6-4-3-5-7-20)16-31(17-30)26-28-22-11-9-19(2)13-24(22)33-26/h3-13H,14-17H2,1-2H3/p+1. The van der Waals surface area contributed by atoms with E-state index in [4.69, 9.17) is 9.97 Å². The van der Waals surface area contributed by atoms with E-state index in [1.54, 1.807) is 22.7 Å². The first kappa shape index (κ1) is 20.6. The maximum atomic E-state index is 4.99. The zero-order valence-electron chi connectivity index (χ0n) is 18.8. The van der Waals surface area contributed by atoms with Crippen LogP contribution in [0.25, 0.3) is 20.4 Å². The largest absolute Gasteiger partial charge is 0.297 e. The van der Waals surface area contributed by atoms with Crippen LogP contribution < -0.4 is 14.7 Å². The fraction of sp³-hybridized carbons (Fsp3) is 0.231. The Kier molecular flexibility index (Phi) is 5.25. The summed E-state index contributed by atoms with van der Waals surface area (Å²) in [6, 6.07) is 23.8. The lowest BCUT2D eigenvalue weighted by Crippen LogP contribution is -3.16. The van der Waals surface area contributed by atoms with Gasteiger partial charge in [-0.15, -0.1) is 0 Å². The number of rotatable bonds is 4. The van der Waals surface area contributed by atoms with Gasteiger partial charge in [-0.25, -0.2) is 9.97 Å². The van der Waals surface area contributed by atoms with Gasteiger partial charge in [-0.3, -0.25) is 14.7 Å². The van der Waals surface area contributed by atoms with Crippen molar-refractivity contribution >= 4 is 53.4 Å². The molecule has 1 N–H and O–H groups in total.